The summed E-state index contributed by atoms with van der Waals surface area (Å²) in [5.74, 6) is 1.17. The molecule has 0 bridgehead atoms. The molecule has 0 spiro atoms. The van der Waals surface area contributed by atoms with Crippen LogP contribution in [0.4, 0.5) is 0 Å². The fraction of sp³-hybridized carbons (Fsp3) is 0.588. The molecule has 116 valence electrons. The molecule has 0 aliphatic heterocycles. The average Bonchev–Trinajstić information content (AvgIpc) is 2.82. The number of imidazole rings is 1. The third kappa shape index (κ3) is 3.27. The van der Waals surface area contributed by atoms with E-state index in [9.17, 15) is 0 Å². The summed E-state index contributed by atoms with van der Waals surface area (Å²) >= 11 is 0. The van der Waals surface area contributed by atoms with Crippen LogP contribution in [-0.2, 0) is 13.0 Å². The molecule has 1 unspecified atom stereocenters. The number of rotatable bonds is 7. The Morgan fingerprint density at radius 1 is 1.29 bits per heavy atom. The molecule has 1 aromatic heterocycles. The summed E-state index contributed by atoms with van der Waals surface area (Å²) < 4.78 is 2.36. The van der Waals surface area contributed by atoms with Crippen LogP contribution in [-0.4, -0.2) is 35.1 Å². The molecule has 2 rings (SSSR count). The monoisotopic (exact) mass is 288 g/mol. The fourth-order valence-corrected chi connectivity index (χ4v) is 2.93. The summed E-state index contributed by atoms with van der Waals surface area (Å²) in [7, 11) is 4.25. The molecule has 0 saturated heterocycles. The second kappa shape index (κ2) is 7.05. The van der Waals surface area contributed by atoms with Gasteiger partial charge in [0.1, 0.15) is 5.82 Å². The highest BCUT2D eigenvalue weighted by Gasteiger charge is 2.20. The van der Waals surface area contributed by atoms with Gasteiger partial charge in [0.05, 0.1) is 17.1 Å². The Balaban J connectivity index is 2.55. The minimum atomic E-state index is 0.347. The highest BCUT2D eigenvalue weighted by molar-refractivity contribution is 5.77. The van der Waals surface area contributed by atoms with E-state index in [2.05, 4.69) is 55.6 Å². The number of nitrogens with two attached hydrogens (primary N) is 1. The first-order valence-electron chi connectivity index (χ1n) is 7.97. The van der Waals surface area contributed by atoms with Gasteiger partial charge in [-0.2, -0.15) is 0 Å². The zero-order chi connectivity index (χ0) is 15.4. The van der Waals surface area contributed by atoms with Crippen LogP contribution in [0.2, 0.25) is 0 Å². The van der Waals surface area contributed by atoms with Crippen molar-refractivity contribution in [1.29, 1.82) is 0 Å². The minimum Gasteiger partial charge on any atom is -0.330 e. The van der Waals surface area contributed by atoms with Crippen molar-refractivity contribution < 1.29 is 0 Å². The summed E-state index contributed by atoms with van der Waals surface area (Å²) in [5, 5.41) is 0. The van der Waals surface area contributed by atoms with Crippen molar-refractivity contribution in [3.8, 4) is 0 Å². The number of hydrogen-bond acceptors (Lipinski definition) is 3. The number of aromatic nitrogens is 2. The molecule has 0 aliphatic rings. The number of benzene rings is 1. The third-order valence-electron chi connectivity index (χ3n) is 4.14. The number of hydrogen-bond donors (Lipinski definition) is 1. The molecule has 1 atom stereocenters. The lowest BCUT2D eigenvalue weighted by molar-refractivity contribution is 0.273. The van der Waals surface area contributed by atoms with E-state index in [1.807, 2.05) is 0 Å². The minimum absolute atomic E-state index is 0.347. The van der Waals surface area contributed by atoms with Gasteiger partial charge >= 0.3 is 0 Å². The maximum Gasteiger partial charge on any atom is 0.127 e. The molecule has 4 nitrogen and oxygen atoms in total. The van der Waals surface area contributed by atoms with E-state index >= 15 is 0 Å². The van der Waals surface area contributed by atoms with Crippen LogP contribution < -0.4 is 5.73 Å². The molecule has 2 aromatic rings. The Hall–Kier alpha value is -1.39. The van der Waals surface area contributed by atoms with Crippen LogP contribution >= 0.6 is 0 Å². The van der Waals surface area contributed by atoms with Crippen LogP contribution in [0.15, 0.2) is 18.2 Å². The van der Waals surface area contributed by atoms with Gasteiger partial charge in [0.2, 0.25) is 0 Å². The van der Waals surface area contributed by atoms with Gasteiger partial charge in [-0.25, -0.2) is 4.98 Å². The molecule has 0 fully saturated rings. The lowest BCUT2D eigenvalue weighted by Crippen LogP contribution is -2.23. The molecule has 1 heterocycles. The quantitative estimate of drug-likeness (QED) is 0.852. The number of nitrogens with zero attached hydrogens (tertiary/aromatic N) is 3. The second-order valence-corrected chi connectivity index (χ2v) is 5.83. The maximum absolute atomic E-state index is 5.71. The van der Waals surface area contributed by atoms with E-state index in [1.165, 1.54) is 16.9 Å². The van der Waals surface area contributed by atoms with Gasteiger partial charge in [-0.3, -0.25) is 4.90 Å². The Bertz CT molecular complexity index is 586. The largest absolute Gasteiger partial charge is 0.330 e. The summed E-state index contributed by atoms with van der Waals surface area (Å²) in [6.45, 7) is 6.06. The molecule has 1 aromatic carbocycles. The van der Waals surface area contributed by atoms with Crippen molar-refractivity contribution in [2.24, 2.45) is 5.73 Å². The van der Waals surface area contributed by atoms with Crippen molar-refractivity contribution >= 4 is 11.0 Å². The van der Waals surface area contributed by atoms with Crippen molar-refractivity contribution in [3.63, 3.8) is 0 Å². The lowest BCUT2D eigenvalue weighted by atomic mass is 10.1. The number of fused-ring (bicyclic) bond motifs is 1. The van der Waals surface area contributed by atoms with Gasteiger partial charge in [-0.15, -0.1) is 0 Å². The standard InChI is InChI=1S/C17H28N4/c1-5-13-8-9-16-14(12-13)19-17(15(6-2)20(3)4)21(16)11-7-10-18/h8-9,12,15H,5-7,10-11,18H2,1-4H3. The van der Waals surface area contributed by atoms with Gasteiger partial charge < -0.3 is 10.3 Å². The first-order valence-corrected chi connectivity index (χ1v) is 7.97. The molecule has 2 N–H and O–H groups in total. The topological polar surface area (TPSA) is 47.1 Å². The van der Waals surface area contributed by atoms with E-state index in [4.69, 9.17) is 10.7 Å². The average molecular weight is 288 g/mol. The van der Waals surface area contributed by atoms with E-state index in [0.717, 1.165) is 31.3 Å². The smallest absolute Gasteiger partial charge is 0.127 e. The van der Waals surface area contributed by atoms with Crippen molar-refractivity contribution in [2.75, 3.05) is 20.6 Å². The zero-order valence-corrected chi connectivity index (χ0v) is 13.8. The van der Waals surface area contributed by atoms with Crippen LogP contribution in [0.25, 0.3) is 11.0 Å². The Kier molecular flexibility index (Phi) is 5.37. The molecule has 0 aliphatic carbocycles. The number of aryl methyl sites for hydroxylation is 2. The Morgan fingerprint density at radius 2 is 2.05 bits per heavy atom. The first kappa shape index (κ1) is 16.0. The third-order valence-corrected chi connectivity index (χ3v) is 4.14. The van der Waals surface area contributed by atoms with E-state index < -0.39 is 0 Å². The molecule has 4 heteroatoms. The molecule has 0 amide bonds. The second-order valence-electron chi connectivity index (χ2n) is 5.83. The van der Waals surface area contributed by atoms with Crippen molar-refractivity contribution in [3.05, 3.63) is 29.6 Å². The van der Waals surface area contributed by atoms with Crippen LogP contribution in [0, 0.1) is 0 Å². The summed E-state index contributed by atoms with van der Waals surface area (Å²) in [6, 6.07) is 6.99. The highest BCUT2D eigenvalue weighted by Crippen LogP contribution is 2.27. The van der Waals surface area contributed by atoms with Gasteiger partial charge in [-0.1, -0.05) is 19.9 Å². The molecule has 0 radical (unpaired) electrons. The fourth-order valence-electron chi connectivity index (χ4n) is 2.93. The van der Waals surface area contributed by atoms with Crippen LogP contribution in [0.1, 0.15) is 44.1 Å². The van der Waals surface area contributed by atoms with E-state index in [1.54, 1.807) is 0 Å². The summed E-state index contributed by atoms with van der Waals surface area (Å²) in [5.41, 5.74) is 9.40. The maximum atomic E-state index is 5.71. The summed E-state index contributed by atoms with van der Waals surface area (Å²) in [4.78, 5) is 7.20. The summed E-state index contributed by atoms with van der Waals surface area (Å²) in [6.07, 6.45) is 3.09. The normalized spacial score (nSPS) is 13.2. The van der Waals surface area contributed by atoms with Crippen molar-refractivity contribution in [1.82, 2.24) is 14.5 Å². The molecule has 21 heavy (non-hydrogen) atoms. The van der Waals surface area contributed by atoms with E-state index in [-0.39, 0.29) is 0 Å². The zero-order valence-electron chi connectivity index (χ0n) is 13.8. The lowest BCUT2D eigenvalue weighted by Gasteiger charge is -2.23. The predicted molar refractivity (Wildman–Crippen MR) is 89.5 cm³/mol. The van der Waals surface area contributed by atoms with Crippen LogP contribution in [0.5, 0.6) is 0 Å². The first-order chi connectivity index (χ1) is 10.1. The highest BCUT2D eigenvalue weighted by atomic mass is 15.2. The van der Waals surface area contributed by atoms with Gasteiger partial charge in [-0.05, 0) is 57.6 Å². The van der Waals surface area contributed by atoms with Gasteiger partial charge in [0.25, 0.3) is 0 Å². The van der Waals surface area contributed by atoms with E-state index in [0.29, 0.717) is 12.6 Å². The predicted octanol–water partition coefficient (Wildman–Crippen LogP) is 2.96. The molecular weight excluding hydrogens is 260 g/mol. The molecule has 0 saturated carbocycles. The van der Waals surface area contributed by atoms with Gasteiger partial charge in [0.15, 0.2) is 0 Å². The molecular formula is C17H28N4. The SMILES string of the molecule is CCc1ccc2c(c1)nc(C(CC)N(C)C)n2CCCN. The van der Waals surface area contributed by atoms with Crippen LogP contribution in [0.3, 0.4) is 0 Å². The van der Waals surface area contributed by atoms with Gasteiger partial charge in [0, 0.05) is 6.54 Å². The Morgan fingerprint density at radius 3 is 2.62 bits per heavy atom. The van der Waals surface area contributed by atoms with Crippen molar-refractivity contribution in [2.45, 2.75) is 45.7 Å². The Labute approximate surface area is 128 Å².